The highest BCUT2D eigenvalue weighted by molar-refractivity contribution is 7.09. The molecule has 8 heteroatoms. The lowest BCUT2D eigenvalue weighted by atomic mass is 9.67. The second-order valence-electron chi connectivity index (χ2n) is 7.59. The van der Waals surface area contributed by atoms with Crippen LogP contribution in [0.15, 0.2) is 30.2 Å². The van der Waals surface area contributed by atoms with Crippen LogP contribution in [0.2, 0.25) is 0 Å². The number of halogens is 1. The van der Waals surface area contributed by atoms with Gasteiger partial charge in [-0.3, -0.25) is 19.6 Å². The van der Waals surface area contributed by atoms with Crippen molar-refractivity contribution in [1.82, 2.24) is 19.8 Å². The van der Waals surface area contributed by atoms with Gasteiger partial charge in [-0.2, -0.15) is 0 Å². The summed E-state index contributed by atoms with van der Waals surface area (Å²) in [5, 5.41) is 0. The van der Waals surface area contributed by atoms with Crippen molar-refractivity contribution in [1.29, 1.82) is 0 Å². The third-order valence-electron chi connectivity index (χ3n) is 6.15. The van der Waals surface area contributed by atoms with Gasteiger partial charge in [-0.1, -0.05) is 0 Å². The third kappa shape index (κ3) is 3.19. The molecule has 0 aromatic carbocycles. The van der Waals surface area contributed by atoms with Crippen molar-refractivity contribution >= 4 is 23.2 Å². The highest BCUT2D eigenvalue weighted by Crippen LogP contribution is 2.45. The van der Waals surface area contributed by atoms with E-state index >= 15 is 0 Å². The van der Waals surface area contributed by atoms with Gasteiger partial charge in [0.15, 0.2) is 5.82 Å². The lowest BCUT2D eigenvalue weighted by Crippen LogP contribution is -2.61. The summed E-state index contributed by atoms with van der Waals surface area (Å²) in [6, 6.07) is 1.13. The first-order valence-electron chi connectivity index (χ1n) is 9.60. The van der Waals surface area contributed by atoms with Gasteiger partial charge in [-0.25, -0.2) is 4.39 Å². The Hall–Kier alpha value is -2.35. The summed E-state index contributed by atoms with van der Waals surface area (Å²) in [5.41, 5.74) is 1.19. The van der Waals surface area contributed by atoms with Crippen LogP contribution in [0.1, 0.15) is 47.8 Å². The van der Waals surface area contributed by atoms with Crippen molar-refractivity contribution in [3.8, 4) is 0 Å². The zero-order valence-electron chi connectivity index (χ0n) is 15.8. The number of likely N-dealkylation sites (tertiary alicyclic amines) is 2. The fourth-order valence-electron chi connectivity index (χ4n) is 4.63. The van der Waals surface area contributed by atoms with E-state index in [0.29, 0.717) is 13.1 Å². The van der Waals surface area contributed by atoms with Gasteiger partial charge in [0.05, 0.1) is 29.2 Å². The molecule has 0 N–H and O–H groups in total. The molecular weight excluding hydrogens is 379 g/mol. The van der Waals surface area contributed by atoms with Gasteiger partial charge in [0.1, 0.15) is 0 Å². The molecule has 2 amide bonds. The van der Waals surface area contributed by atoms with E-state index < -0.39 is 11.2 Å². The summed E-state index contributed by atoms with van der Waals surface area (Å²) < 4.78 is 14.1. The SMILES string of the molecule is C[C@H]1N(C(=O)c2ccncc2F)CCC[C@@]12CCCN(Cc1cncs1)C2=O. The van der Waals surface area contributed by atoms with Crippen molar-refractivity contribution in [2.75, 3.05) is 13.1 Å². The zero-order valence-corrected chi connectivity index (χ0v) is 16.6. The summed E-state index contributed by atoms with van der Waals surface area (Å²) >= 11 is 1.54. The molecule has 1 spiro atoms. The normalized spacial score (nSPS) is 25.4. The first kappa shape index (κ1) is 19.0. The van der Waals surface area contributed by atoms with Crippen LogP contribution in [-0.4, -0.2) is 50.7 Å². The summed E-state index contributed by atoms with van der Waals surface area (Å²) in [7, 11) is 0. The van der Waals surface area contributed by atoms with Crippen LogP contribution in [0.4, 0.5) is 4.39 Å². The van der Waals surface area contributed by atoms with E-state index in [9.17, 15) is 14.0 Å². The van der Waals surface area contributed by atoms with Crippen molar-refractivity contribution in [3.63, 3.8) is 0 Å². The summed E-state index contributed by atoms with van der Waals surface area (Å²) in [6.07, 6.45) is 7.43. The van der Waals surface area contributed by atoms with Gasteiger partial charge in [0, 0.05) is 36.4 Å². The molecule has 4 heterocycles. The molecule has 2 aliphatic rings. The highest BCUT2D eigenvalue weighted by Gasteiger charge is 2.52. The number of aromatic nitrogens is 2. The van der Waals surface area contributed by atoms with E-state index in [2.05, 4.69) is 9.97 Å². The minimum absolute atomic E-state index is 0.0173. The molecule has 2 saturated heterocycles. The van der Waals surface area contributed by atoms with E-state index in [0.717, 1.165) is 43.3 Å². The fourth-order valence-corrected chi connectivity index (χ4v) is 5.24. The Labute approximate surface area is 167 Å². The summed E-state index contributed by atoms with van der Waals surface area (Å²) in [5.74, 6) is -0.882. The van der Waals surface area contributed by atoms with Crippen molar-refractivity contribution in [2.45, 2.75) is 45.2 Å². The predicted octanol–water partition coefficient (Wildman–Crippen LogP) is 3.11. The fraction of sp³-hybridized carbons (Fsp3) is 0.500. The molecule has 2 aromatic rings. The monoisotopic (exact) mass is 402 g/mol. The number of thiazole rings is 1. The van der Waals surface area contributed by atoms with Crippen LogP contribution in [0.5, 0.6) is 0 Å². The van der Waals surface area contributed by atoms with Crippen LogP contribution >= 0.6 is 11.3 Å². The quantitative estimate of drug-likeness (QED) is 0.791. The second-order valence-corrected chi connectivity index (χ2v) is 8.56. The van der Waals surface area contributed by atoms with E-state index in [1.807, 2.05) is 11.8 Å². The minimum Gasteiger partial charge on any atom is -0.337 e. The zero-order chi connectivity index (χ0) is 19.7. The standard InChI is InChI=1S/C20H23FN4O2S/c1-14-20(5-2-8-24(19(20)27)12-15-10-23-13-28-15)6-3-9-25(14)18(26)16-4-7-22-11-17(16)21/h4,7,10-11,13-14H,2-3,5-6,8-9,12H2,1H3/t14-,20+/m1/s1. The predicted molar refractivity (Wildman–Crippen MR) is 103 cm³/mol. The molecule has 148 valence electrons. The first-order chi connectivity index (χ1) is 13.5. The third-order valence-corrected chi connectivity index (χ3v) is 6.91. The van der Waals surface area contributed by atoms with Crippen molar-refractivity contribution in [3.05, 3.63) is 46.4 Å². The molecule has 0 unspecified atom stereocenters. The van der Waals surface area contributed by atoms with E-state index in [-0.39, 0.29) is 23.4 Å². The average molecular weight is 402 g/mol. The largest absolute Gasteiger partial charge is 0.337 e. The maximum Gasteiger partial charge on any atom is 0.257 e. The molecule has 4 rings (SSSR count). The van der Waals surface area contributed by atoms with Crippen molar-refractivity contribution < 1.29 is 14.0 Å². The first-order valence-corrected chi connectivity index (χ1v) is 10.5. The van der Waals surface area contributed by atoms with Gasteiger partial charge in [0.25, 0.3) is 5.91 Å². The Balaban J connectivity index is 1.59. The topological polar surface area (TPSA) is 66.4 Å². The Kier molecular flexibility index (Phi) is 5.14. The number of hydrogen-bond acceptors (Lipinski definition) is 5. The Morgan fingerprint density at radius 2 is 2.07 bits per heavy atom. The number of carbonyl (C=O) groups is 2. The average Bonchev–Trinajstić information content (AvgIpc) is 3.20. The number of pyridine rings is 1. The molecule has 0 saturated carbocycles. The molecule has 0 radical (unpaired) electrons. The minimum atomic E-state index is -0.624. The molecule has 28 heavy (non-hydrogen) atoms. The lowest BCUT2D eigenvalue weighted by Gasteiger charge is -2.51. The number of rotatable bonds is 3. The maximum atomic E-state index is 14.1. The number of carbonyl (C=O) groups excluding carboxylic acids is 2. The van der Waals surface area contributed by atoms with Crippen LogP contribution in [0.25, 0.3) is 0 Å². The molecule has 0 bridgehead atoms. The summed E-state index contributed by atoms with van der Waals surface area (Å²) in [6.45, 7) is 3.75. The van der Waals surface area contributed by atoms with Gasteiger partial charge in [-0.15, -0.1) is 11.3 Å². The van der Waals surface area contributed by atoms with Gasteiger partial charge in [0.2, 0.25) is 5.91 Å². The highest BCUT2D eigenvalue weighted by atomic mass is 32.1. The van der Waals surface area contributed by atoms with Crippen LogP contribution in [-0.2, 0) is 11.3 Å². The molecule has 2 fully saturated rings. The van der Waals surface area contributed by atoms with Gasteiger partial charge < -0.3 is 9.80 Å². The molecule has 2 aromatic heterocycles. The molecular formula is C20H23FN4O2S. The van der Waals surface area contributed by atoms with E-state index in [1.165, 1.54) is 12.3 Å². The molecule has 2 atom stereocenters. The van der Waals surface area contributed by atoms with Crippen molar-refractivity contribution in [2.24, 2.45) is 5.41 Å². The van der Waals surface area contributed by atoms with Crippen LogP contribution in [0.3, 0.4) is 0 Å². The number of piperidine rings is 2. The van der Waals surface area contributed by atoms with E-state index in [1.54, 1.807) is 27.9 Å². The Morgan fingerprint density at radius 3 is 2.79 bits per heavy atom. The molecule has 2 aliphatic heterocycles. The molecule has 6 nitrogen and oxygen atoms in total. The Morgan fingerprint density at radius 1 is 1.29 bits per heavy atom. The van der Waals surface area contributed by atoms with Gasteiger partial charge in [-0.05, 0) is 38.7 Å². The second kappa shape index (κ2) is 7.58. The molecule has 0 aliphatic carbocycles. The van der Waals surface area contributed by atoms with Crippen LogP contribution in [0, 0.1) is 11.2 Å². The van der Waals surface area contributed by atoms with Crippen LogP contribution < -0.4 is 0 Å². The smallest absolute Gasteiger partial charge is 0.257 e. The number of hydrogen-bond donors (Lipinski definition) is 0. The van der Waals surface area contributed by atoms with Gasteiger partial charge >= 0.3 is 0 Å². The summed E-state index contributed by atoms with van der Waals surface area (Å²) in [4.78, 5) is 39.0. The maximum absolute atomic E-state index is 14.1. The van der Waals surface area contributed by atoms with E-state index in [4.69, 9.17) is 0 Å². The number of nitrogens with zero attached hydrogens (tertiary/aromatic N) is 4. The number of amides is 2. The lowest BCUT2D eigenvalue weighted by molar-refractivity contribution is -0.154. The Bertz CT molecular complexity index is 871.